The molecule has 1 aromatic heterocycles. The van der Waals surface area contributed by atoms with Crippen molar-refractivity contribution >= 4 is 11.0 Å². The molecule has 4 aromatic rings. The Labute approximate surface area is 177 Å². The Morgan fingerprint density at radius 1 is 0.867 bits per heavy atom. The van der Waals surface area contributed by atoms with Gasteiger partial charge in [0.05, 0.1) is 11.0 Å². The zero-order chi connectivity index (χ0) is 21.5. The number of nitrogens with zero attached hydrogens (tertiary/aromatic N) is 2. The predicted molar refractivity (Wildman–Crippen MR) is 123 cm³/mol. The van der Waals surface area contributed by atoms with Crippen molar-refractivity contribution in [2.24, 2.45) is 12.5 Å². The van der Waals surface area contributed by atoms with Crippen LogP contribution in [0.25, 0.3) is 22.2 Å². The number of benzene rings is 3. The van der Waals surface area contributed by atoms with Crippen molar-refractivity contribution in [1.82, 2.24) is 9.13 Å². The predicted octanol–water partition coefficient (Wildman–Crippen LogP) is 6.15. The highest BCUT2D eigenvalue weighted by molar-refractivity contribution is 5.83. The fourth-order valence-electron chi connectivity index (χ4n) is 3.75. The maximum absolute atomic E-state index is 12.8. The standard InChI is InChI=1S/C26H28N2O2/c1-18-9-6-7-12-24(18)30-21-11-8-10-19(15-21)20-13-14-22-23(16-20)27(5)25(29)28(22)17-26(2,3)4/h6-16H,17H2,1-5H3. The molecule has 0 spiro atoms. The third-order valence-corrected chi connectivity index (χ3v) is 5.27. The highest BCUT2D eigenvalue weighted by atomic mass is 16.5. The van der Waals surface area contributed by atoms with Gasteiger partial charge in [-0.15, -0.1) is 0 Å². The summed E-state index contributed by atoms with van der Waals surface area (Å²) in [4.78, 5) is 12.8. The molecule has 4 nitrogen and oxygen atoms in total. The van der Waals surface area contributed by atoms with Gasteiger partial charge in [-0.25, -0.2) is 4.79 Å². The van der Waals surface area contributed by atoms with Gasteiger partial charge in [-0.2, -0.15) is 0 Å². The van der Waals surface area contributed by atoms with Crippen LogP contribution in [0.5, 0.6) is 11.5 Å². The van der Waals surface area contributed by atoms with Gasteiger partial charge in [0.1, 0.15) is 11.5 Å². The summed E-state index contributed by atoms with van der Waals surface area (Å²) in [5, 5.41) is 0. The zero-order valence-corrected chi connectivity index (χ0v) is 18.3. The molecule has 0 fully saturated rings. The highest BCUT2D eigenvalue weighted by Gasteiger charge is 2.18. The molecule has 154 valence electrons. The first-order valence-electron chi connectivity index (χ1n) is 10.3. The molecule has 30 heavy (non-hydrogen) atoms. The number of para-hydroxylation sites is 1. The molecule has 0 radical (unpaired) electrons. The van der Waals surface area contributed by atoms with Gasteiger partial charge in [0.15, 0.2) is 0 Å². The van der Waals surface area contributed by atoms with Gasteiger partial charge in [-0.1, -0.05) is 57.2 Å². The summed E-state index contributed by atoms with van der Waals surface area (Å²) in [5.74, 6) is 1.65. The Bertz CT molecular complexity index is 1270. The summed E-state index contributed by atoms with van der Waals surface area (Å²) in [6.45, 7) is 9.16. The first-order chi connectivity index (χ1) is 14.2. The molecule has 0 bridgehead atoms. The Morgan fingerprint density at radius 3 is 2.33 bits per heavy atom. The van der Waals surface area contributed by atoms with Crippen molar-refractivity contribution in [3.63, 3.8) is 0 Å². The molecule has 4 heteroatoms. The third-order valence-electron chi connectivity index (χ3n) is 5.27. The van der Waals surface area contributed by atoms with Crippen molar-refractivity contribution in [2.75, 3.05) is 0 Å². The molecule has 0 aliphatic rings. The van der Waals surface area contributed by atoms with Crippen molar-refractivity contribution in [1.29, 1.82) is 0 Å². The van der Waals surface area contributed by atoms with E-state index in [0.717, 1.165) is 39.2 Å². The first-order valence-corrected chi connectivity index (χ1v) is 10.3. The average Bonchev–Trinajstić information content (AvgIpc) is 2.93. The molecule has 0 aliphatic carbocycles. The van der Waals surface area contributed by atoms with Gasteiger partial charge in [-0.05, 0) is 59.4 Å². The molecule has 0 saturated carbocycles. The Balaban J connectivity index is 1.73. The summed E-state index contributed by atoms with van der Waals surface area (Å²) in [5.41, 5.74) is 5.16. The second-order valence-electron chi connectivity index (χ2n) is 9.09. The van der Waals surface area contributed by atoms with E-state index in [0.29, 0.717) is 6.54 Å². The minimum Gasteiger partial charge on any atom is -0.457 e. The number of aromatic nitrogens is 2. The smallest absolute Gasteiger partial charge is 0.328 e. The molecule has 0 aliphatic heterocycles. The summed E-state index contributed by atoms with van der Waals surface area (Å²) in [7, 11) is 1.84. The fourth-order valence-corrected chi connectivity index (χ4v) is 3.75. The quantitative estimate of drug-likeness (QED) is 0.412. The minimum atomic E-state index is 0.0220. The number of rotatable bonds is 4. The monoisotopic (exact) mass is 400 g/mol. The summed E-state index contributed by atoms with van der Waals surface area (Å²) < 4.78 is 9.71. The van der Waals surface area contributed by atoms with E-state index >= 15 is 0 Å². The molecular weight excluding hydrogens is 372 g/mol. The van der Waals surface area contributed by atoms with E-state index in [1.807, 2.05) is 67.1 Å². The van der Waals surface area contributed by atoms with Crippen LogP contribution in [0.3, 0.4) is 0 Å². The van der Waals surface area contributed by atoms with Gasteiger partial charge in [-0.3, -0.25) is 9.13 Å². The van der Waals surface area contributed by atoms with Crippen LogP contribution in [0.1, 0.15) is 26.3 Å². The fraction of sp³-hybridized carbons (Fsp3) is 0.269. The minimum absolute atomic E-state index is 0.0220. The molecule has 3 aromatic carbocycles. The second-order valence-corrected chi connectivity index (χ2v) is 9.09. The topological polar surface area (TPSA) is 36.2 Å². The molecule has 0 saturated heterocycles. The van der Waals surface area contributed by atoms with E-state index in [4.69, 9.17) is 4.74 Å². The SMILES string of the molecule is Cc1ccccc1Oc1cccc(-c2ccc3c(c2)n(C)c(=O)n3CC(C)(C)C)c1. The number of aryl methyl sites for hydroxylation is 2. The molecular formula is C26H28N2O2. The number of hydrogen-bond acceptors (Lipinski definition) is 2. The van der Waals surface area contributed by atoms with Crippen molar-refractivity contribution < 1.29 is 4.74 Å². The van der Waals surface area contributed by atoms with Crippen LogP contribution in [-0.2, 0) is 13.6 Å². The van der Waals surface area contributed by atoms with Crippen LogP contribution in [0.2, 0.25) is 0 Å². The van der Waals surface area contributed by atoms with E-state index in [1.54, 1.807) is 4.57 Å². The van der Waals surface area contributed by atoms with Crippen LogP contribution in [0.4, 0.5) is 0 Å². The van der Waals surface area contributed by atoms with Gasteiger partial charge < -0.3 is 4.74 Å². The zero-order valence-electron chi connectivity index (χ0n) is 18.3. The largest absolute Gasteiger partial charge is 0.457 e. The van der Waals surface area contributed by atoms with Crippen LogP contribution in [-0.4, -0.2) is 9.13 Å². The van der Waals surface area contributed by atoms with Crippen molar-refractivity contribution in [3.8, 4) is 22.6 Å². The van der Waals surface area contributed by atoms with E-state index in [1.165, 1.54) is 0 Å². The first kappa shape index (κ1) is 20.0. The summed E-state index contributed by atoms with van der Waals surface area (Å²) in [6, 6.07) is 22.3. The van der Waals surface area contributed by atoms with E-state index < -0.39 is 0 Å². The Hall–Kier alpha value is -3.27. The van der Waals surface area contributed by atoms with Gasteiger partial charge in [0, 0.05) is 13.6 Å². The van der Waals surface area contributed by atoms with E-state index in [9.17, 15) is 4.79 Å². The lowest BCUT2D eigenvalue weighted by molar-refractivity contribution is 0.342. The van der Waals surface area contributed by atoms with Crippen LogP contribution in [0, 0.1) is 12.3 Å². The number of hydrogen-bond donors (Lipinski definition) is 0. The Kier molecular flexibility index (Phi) is 5.02. The molecule has 4 rings (SSSR count). The number of fused-ring (bicyclic) bond motifs is 1. The molecule has 0 unspecified atom stereocenters. The summed E-state index contributed by atoms with van der Waals surface area (Å²) in [6.07, 6.45) is 0. The van der Waals surface area contributed by atoms with E-state index in [-0.39, 0.29) is 11.1 Å². The lowest BCUT2D eigenvalue weighted by atomic mass is 9.97. The Morgan fingerprint density at radius 2 is 1.60 bits per heavy atom. The average molecular weight is 401 g/mol. The normalized spacial score (nSPS) is 11.8. The van der Waals surface area contributed by atoms with Crippen LogP contribution in [0.15, 0.2) is 71.5 Å². The highest BCUT2D eigenvalue weighted by Crippen LogP contribution is 2.30. The third kappa shape index (κ3) is 3.90. The molecule has 0 amide bonds. The second kappa shape index (κ2) is 7.52. The molecule has 0 N–H and O–H groups in total. The van der Waals surface area contributed by atoms with E-state index in [2.05, 4.69) is 39.0 Å². The van der Waals surface area contributed by atoms with Crippen molar-refractivity contribution in [2.45, 2.75) is 34.2 Å². The summed E-state index contributed by atoms with van der Waals surface area (Å²) >= 11 is 0. The van der Waals surface area contributed by atoms with Gasteiger partial charge in [0.25, 0.3) is 0 Å². The lowest BCUT2D eigenvalue weighted by Crippen LogP contribution is -2.27. The van der Waals surface area contributed by atoms with Crippen molar-refractivity contribution in [3.05, 3.63) is 82.8 Å². The number of ether oxygens (including phenoxy) is 1. The van der Waals surface area contributed by atoms with Gasteiger partial charge in [0.2, 0.25) is 0 Å². The molecule has 0 atom stereocenters. The lowest BCUT2D eigenvalue weighted by Gasteiger charge is -2.18. The van der Waals surface area contributed by atoms with Crippen LogP contribution >= 0.6 is 0 Å². The number of imidazole rings is 1. The maximum Gasteiger partial charge on any atom is 0.328 e. The molecule has 1 heterocycles. The maximum atomic E-state index is 12.8. The van der Waals surface area contributed by atoms with Crippen LogP contribution < -0.4 is 10.4 Å². The van der Waals surface area contributed by atoms with Gasteiger partial charge >= 0.3 is 5.69 Å².